The van der Waals surface area contributed by atoms with Gasteiger partial charge in [-0.1, -0.05) is 11.8 Å². The second-order valence-corrected chi connectivity index (χ2v) is 6.04. The molecule has 8 heteroatoms. The van der Waals surface area contributed by atoms with Gasteiger partial charge in [0, 0.05) is 25.4 Å². The summed E-state index contributed by atoms with van der Waals surface area (Å²) >= 11 is 1.48. The first kappa shape index (κ1) is 14.7. The molecule has 0 atom stereocenters. The number of thioether (sulfide) groups is 1. The lowest BCUT2D eigenvalue weighted by atomic mass is 10.3. The minimum absolute atomic E-state index is 0.151. The van der Waals surface area contributed by atoms with E-state index in [9.17, 15) is 9.59 Å². The number of hydrogen-bond donors (Lipinski definition) is 1. The Labute approximate surface area is 131 Å². The van der Waals surface area contributed by atoms with E-state index in [2.05, 4.69) is 9.97 Å². The van der Waals surface area contributed by atoms with Gasteiger partial charge in [-0.3, -0.25) is 9.69 Å². The van der Waals surface area contributed by atoms with Gasteiger partial charge in [-0.05, 0) is 12.1 Å². The van der Waals surface area contributed by atoms with Gasteiger partial charge in [0.1, 0.15) is 12.3 Å². The summed E-state index contributed by atoms with van der Waals surface area (Å²) in [5, 5.41) is 0.760. The van der Waals surface area contributed by atoms with Crippen LogP contribution < -0.4 is 4.74 Å². The second-order valence-electron chi connectivity index (χ2n) is 4.96. The normalized spacial score (nSPS) is 15.2. The van der Waals surface area contributed by atoms with Crippen LogP contribution in [0.25, 0.3) is 11.0 Å². The fourth-order valence-corrected chi connectivity index (χ4v) is 3.10. The summed E-state index contributed by atoms with van der Waals surface area (Å²) in [7, 11) is 3.24. The molecule has 3 amide bonds. The summed E-state index contributed by atoms with van der Waals surface area (Å²) in [6, 6.07) is 5.39. The first-order valence-corrected chi connectivity index (χ1v) is 7.79. The lowest BCUT2D eigenvalue weighted by Gasteiger charge is -2.12. The molecule has 1 aromatic carbocycles. The number of methoxy groups -OCH3 is 1. The molecule has 1 N–H and O–H groups in total. The zero-order valence-electron chi connectivity index (χ0n) is 12.3. The molecule has 22 heavy (non-hydrogen) atoms. The van der Waals surface area contributed by atoms with Gasteiger partial charge in [-0.2, -0.15) is 0 Å². The molecule has 1 aromatic heterocycles. The largest absolute Gasteiger partial charge is 0.497 e. The molecule has 7 nitrogen and oxygen atoms in total. The van der Waals surface area contributed by atoms with Crippen LogP contribution in [0.2, 0.25) is 0 Å². The number of H-pyrrole nitrogens is 1. The lowest BCUT2D eigenvalue weighted by molar-refractivity contribution is -0.125. The highest BCUT2D eigenvalue weighted by molar-refractivity contribution is 7.99. The Bertz CT molecular complexity index is 730. The third kappa shape index (κ3) is 2.74. The van der Waals surface area contributed by atoms with Gasteiger partial charge < -0.3 is 14.6 Å². The molecule has 1 aliphatic heterocycles. The molecule has 0 aliphatic carbocycles. The van der Waals surface area contributed by atoms with E-state index in [1.54, 1.807) is 14.2 Å². The van der Waals surface area contributed by atoms with E-state index in [1.807, 2.05) is 18.2 Å². The van der Waals surface area contributed by atoms with Crippen LogP contribution in [0.1, 0.15) is 0 Å². The molecular formula is C14H16N4O3S. The van der Waals surface area contributed by atoms with Gasteiger partial charge in [0.25, 0.3) is 0 Å². The Morgan fingerprint density at radius 2 is 2.23 bits per heavy atom. The summed E-state index contributed by atoms with van der Waals surface area (Å²) in [6.45, 7) is 0.543. The van der Waals surface area contributed by atoms with Crippen LogP contribution in [0.5, 0.6) is 5.75 Å². The fraction of sp³-hybridized carbons (Fsp3) is 0.357. The van der Waals surface area contributed by atoms with E-state index >= 15 is 0 Å². The predicted octanol–water partition coefficient (Wildman–Crippen LogP) is 1.56. The van der Waals surface area contributed by atoms with E-state index in [4.69, 9.17) is 4.74 Å². The molecule has 0 spiro atoms. The molecule has 1 fully saturated rings. The monoisotopic (exact) mass is 320 g/mol. The van der Waals surface area contributed by atoms with E-state index < -0.39 is 0 Å². The van der Waals surface area contributed by atoms with Gasteiger partial charge in [-0.25, -0.2) is 9.78 Å². The van der Waals surface area contributed by atoms with Crippen LogP contribution in [-0.2, 0) is 4.79 Å². The number of likely N-dealkylation sites (N-methyl/N-ethyl adjacent to an activating group) is 1. The first-order valence-electron chi connectivity index (χ1n) is 6.80. The van der Waals surface area contributed by atoms with Crippen LogP contribution >= 0.6 is 11.8 Å². The number of rotatable bonds is 5. The molecule has 116 valence electrons. The number of carbonyl (C=O) groups excluding carboxylic acids is 2. The molecule has 3 rings (SSSR count). The highest BCUT2D eigenvalue weighted by Crippen LogP contribution is 2.23. The van der Waals surface area contributed by atoms with Crippen molar-refractivity contribution in [3.8, 4) is 5.75 Å². The van der Waals surface area contributed by atoms with Gasteiger partial charge >= 0.3 is 6.03 Å². The van der Waals surface area contributed by atoms with E-state index in [0.29, 0.717) is 12.3 Å². The van der Waals surface area contributed by atoms with Crippen LogP contribution in [0.3, 0.4) is 0 Å². The highest BCUT2D eigenvalue weighted by Gasteiger charge is 2.32. The van der Waals surface area contributed by atoms with Crippen molar-refractivity contribution in [2.45, 2.75) is 5.16 Å². The van der Waals surface area contributed by atoms with Crippen molar-refractivity contribution in [1.82, 2.24) is 19.8 Å². The minimum Gasteiger partial charge on any atom is -0.497 e. The van der Waals surface area contributed by atoms with Crippen molar-refractivity contribution in [1.29, 1.82) is 0 Å². The van der Waals surface area contributed by atoms with E-state index in [1.165, 1.54) is 21.6 Å². The molecule has 0 bridgehead atoms. The maximum Gasteiger partial charge on any atom is 0.326 e. The number of ether oxygens (including phenoxy) is 1. The van der Waals surface area contributed by atoms with Crippen molar-refractivity contribution in [2.75, 3.05) is 33.0 Å². The summed E-state index contributed by atoms with van der Waals surface area (Å²) in [5.41, 5.74) is 1.76. The number of carbonyl (C=O) groups is 2. The standard InChI is InChI=1S/C14H16N4O3S/c1-17-8-12(19)18(14(17)20)5-6-22-13-15-10-4-3-9(21-2)7-11(10)16-13/h3-4,7H,5-6,8H2,1-2H3,(H,15,16). The van der Waals surface area contributed by atoms with Gasteiger partial charge in [0.05, 0.1) is 18.1 Å². The van der Waals surface area contributed by atoms with Crippen molar-refractivity contribution >= 4 is 34.7 Å². The third-order valence-electron chi connectivity index (χ3n) is 3.45. The Kier molecular flexibility index (Phi) is 3.93. The number of urea groups is 1. The number of aromatic nitrogens is 2. The predicted molar refractivity (Wildman–Crippen MR) is 83.1 cm³/mol. The zero-order chi connectivity index (χ0) is 15.7. The molecule has 2 heterocycles. The minimum atomic E-state index is -0.236. The zero-order valence-corrected chi connectivity index (χ0v) is 13.1. The second kappa shape index (κ2) is 5.88. The summed E-state index contributed by atoms with van der Waals surface area (Å²) < 4.78 is 5.17. The Hall–Kier alpha value is -2.22. The third-order valence-corrected chi connectivity index (χ3v) is 4.31. The summed E-state index contributed by atoms with van der Waals surface area (Å²) in [5.74, 6) is 1.22. The van der Waals surface area contributed by atoms with Gasteiger partial charge in [0.2, 0.25) is 5.91 Å². The van der Waals surface area contributed by atoms with Crippen LogP contribution in [0.4, 0.5) is 4.79 Å². The van der Waals surface area contributed by atoms with E-state index in [-0.39, 0.29) is 18.5 Å². The number of imidazole rings is 1. The smallest absolute Gasteiger partial charge is 0.326 e. The quantitative estimate of drug-likeness (QED) is 0.668. The van der Waals surface area contributed by atoms with Crippen molar-refractivity contribution < 1.29 is 14.3 Å². The molecule has 0 saturated carbocycles. The average Bonchev–Trinajstić information content (AvgIpc) is 3.01. The fourth-order valence-electron chi connectivity index (χ4n) is 2.28. The van der Waals surface area contributed by atoms with Crippen molar-refractivity contribution in [3.05, 3.63) is 18.2 Å². The summed E-state index contributed by atoms with van der Waals surface area (Å²) in [6.07, 6.45) is 0. The number of hydrogen-bond acceptors (Lipinski definition) is 5. The molecule has 2 aromatic rings. The van der Waals surface area contributed by atoms with Crippen LogP contribution in [-0.4, -0.2) is 64.7 Å². The van der Waals surface area contributed by atoms with Crippen molar-refractivity contribution in [3.63, 3.8) is 0 Å². The number of nitrogens with one attached hydrogen (secondary N) is 1. The molecule has 0 unspecified atom stereocenters. The number of imide groups is 1. The van der Waals surface area contributed by atoms with Crippen LogP contribution in [0, 0.1) is 0 Å². The van der Waals surface area contributed by atoms with Gasteiger partial charge in [0.15, 0.2) is 5.16 Å². The van der Waals surface area contributed by atoms with Crippen molar-refractivity contribution in [2.24, 2.45) is 0 Å². The van der Waals surface area contributed by atoms with Crippen LogP contribution in [0.15, 0.2) is 23.4 Å². The van der Waals surface area contributed by atoms with Gasteiger partial charge in [-0.15, -0.1) is 0 Å². The number of nitrogens with zero attached hydrogens (tertiary/aromatic N) is 3. The molecule has 0 radical (unpaired) electrons. The number of amides is 3. The Morgan fingerprint density at radius 1 is 1.41 bits per heavy atom. The summed E-state index contributed by atoms with van der Waals surface area (Å²) in [4.78, 5) is 33.8. The number of fused-ring (bicyclic) bond motifs is 1. The highest BCUT2D eigenvalue weighted by atomic mass is 32.2. The SMILES string of the molecule is COc1ccc2nc(SCCN3C(=O)CN(C)C3=O)[nH]c2c1. The number of benzene rings is 1. The first-order chi connectivity index (χ1) is 10.6. The number of aromatic amines is 1. The molecule has 1 saturated heterocycles. The Balaban J connectivity index is 1.62. The topological polar surface area (TPSA) is 78.5 Å². The maximum atomic E-state index is 11.8. The molecular weight excluding hydrogens is 304 g/mol. The lowest BCUT2D eigenvalue weighted by Crippen LogP contribution is -2.33. The molecule has 1 aliphatic rings. The van der Waals surface area contributed by atoms with E-state index in [0.717, 1.165) is 21.9 Å². The average molecular weight is 320 g/mol. The maximum absolute atomic E-state index is 11.8. The Morgan fingerprint density at radius 3 is 2.91 bits per heavy atom.